The van der Waals surface area contributed by atoms with Crippen LogP contribution in [-0.2, 0) is 4.79 Å². The number of nitrogens with two attached hydrogens (primary N) is 1. The lowest BCUT2D eigenvalue weighted by Crippen LogP contribution is -2.50. The smallest absolute Gasteiger partial charge is 0.256 e. The minimum Gasteiger partial charge on any atom is -0.382 e. The van der Waals surface area contributed by atoms with E-state index in [4.69, 9.17) is 5.73 Å². The molecule has 2 amide bonds. The number of benzene rings is 1. The number of fused-ring (bicyclic) bond motifs is 1. The molecule has 0 saturated carbocycles. The Labute approximate surface area is 192 Å². The van der Waals surface area contributed by atoms with E-state index in [9.17, 15) is 9.59 Å². The van der Waals surface area contributed by atoms with Gasteiger partial charge >= 0.3 is 0 Å². The van der Waals surface area contributed by atoms with Gasteiger partial charge in [-0.1, -0.05) is 24.3 Å². The largest absolute Gasteiger partial charge is 0.382 e. The van der Waals surface area contributed by atoms with E-state index >= 15 is 0 Å². The fourth-order valence-corrected chi connectivity index (χ4v) is 4.40. The molecule has 1 aromatic heterocycles. The summed E-state index contributed by atoms with van der Waals surface area (Å²) in [4.78, 5) is 33.8. The summed E-state index contributed by atoms with van der Waals surface area (Å²) in [5.74, 6) is 0.467. The predicted octanol–water partition coefficient (Wildman–Crippen LogP) is 2.69. The molecule has 168 valence electrons. The van der Waals surface area contributed by atoms with Crippen molar-refractivity contribution in [3.8, 4) is 0 Å². The van der Waals surface area contributed by atoms with E-state index in [0.29, 0.717) is 31.0 Å². The lowest BCUT2D eigenvalue weighted by Gasteiger charge is -2.39. The molecular weight excluding hydrogens is 416 g/mol. The maximum Gasteiger partial charge on any atom is 0.256 e. The molecule has 1 fully saturated rings. The second-order valence-corrected chi connectivity index (χ2v) is 8.54. The first-order valence-corrected chi connectivity index (χ1v) is 11.0. The standard InChI is InChI=1S/C25H26N6O2/c1-3-4-10-29-15-21(20-12-16(2)27-23(20)25(29)33)17-5-7-18(8-6-17)24(32)30-13-19(14-30)31-11-9-22(26)28-31/h3-9,11-12,15,19,23H,10,13-14H2,1-2H3,(H2,26,28)/b4-3+. The molecule has 2 N–H and O–H groups in total. The molecule has 8 heteroatoms. The van der Waals surface area contributed by atoms with Gasteiger partial charge in [-0.15, -0.1) is 0 Å². The van der Waals surface area contributed by atoms with Crippen molar-refractivity contribution in [1.29, 1.82) is 0 Å². The molecule has 3 aliphatic heterocycles. The molecule has 0 bridgehead atoms. The number of carbonyl (C=O) groups excluding carboxylic acids is 2. The molecule has 8 nitrogen and oxygen atoms in total. The van der Waals surface area contributed by atoms with Gasteiger partial charge in [0.2, 0.25) is 0 Å². The number of allylic oxidation sites excluding steroid dienone is 2. The van der Waals surface area contributed by atoms with E-state index in [2.05, 4.69) is 10.1 Å². The van der Waals surface area contributed by atoms with Crippen LogP contribution in [0.15, 0.2) is 71.5 Å². The van der Waals surface area contributed by atoms with E-state index in [1.165, 1.54) is 0 Å². The predicted molar refractivity (Wildman–Crippen MR) is 128 cm³/mol. The number of rotatable bonds is 5. The van der Waals surface area contributed by atoms with E-state index in [1.807, 2.05) is 78.3 Å². The molecule has 0 aliphatic carbocycles. The van der Waals surface area contributed by atoms with E-state index < -0.39 is 6.04 Å². The molecule has 0 spiro atoms. The van der Waals surface area contributed by atoms with Gasteiger partial charge in [0.05, 0.1) is 6.04 Å². The average Bonchev–Trinajstić information content (AvgIpc) is 3.38. The Bertz CT molecular complexity index is 1230. The molecule has 3 aliphatic rings. The summed E-state index contributed by atoms with van der Waals surface area (Å²) in [6.45, 7) is 5.57. The molecule has 4 heterocycles. The summed E-state index contributed by atoms with van der Waals surface area (Å²) in [6.07, 6.45) is 9.59. The Morgan fingerprint density at radius 2 is 1.97 bits per heavy atom. The number of hydrogen-bond donors (Lipinski definition) is 1. The van der Waals surface area contributed by atoms with Crippen LogP contribution in [0.5, 0.6) is 0 Å². The van der Waals surface area contributed by atoms with Gasteiger partial charge in [-0.25, -0.2) is 0 Å². The number of carbonyl (C=O) groups is 2. The van der Waals surface area contributed by atoms with Crippen LogP contribution in [0.2, 0.25) is 0 Å². The van der Waals surface area contributed by atoms with Crippen LogP contribution in [-0.4, -0.2) is 62.8 Å². The lowest BCUT2D eigenvalue weighted by molar-refractivity contribution is -0.128. The Balaban J connectivity index is 1.33. The molecular formula is C25H26N6O2. The first kappa shape index (κ1) is 20.9. The second-order valence-electron chi connectivity index (χ2n) is 8.54. The number of anilines is 1. The minimum absolute atomic E-state index is 0.00225. The van der Waals surface area contributed by atoms with Gasteiger partial charge in [0, 0.05) is 48.9 Å². The van der Waals surface area contributed by atoms with E-state index in [1.54, 1.807) is 11.0 Å². The minimum atomic E-state index is -0.495. The lowest BCUT2D eigenvalue weighted by atomic mass is 9.90. The molecule has 0 radical (unpaired) electrons. The maximum atomic E-state index is 12.9. The Morgan fingerprint density at radius 3 is 2.64 bits per heavy atom. The van der Waals surface area contributed by atoms with E-state index in [0.717, 1.165) is 22.4 Å². The normalized spacial score (nSPS) is 20.5. The number of nitrogen functional groups attached to an aromatic ring is 1. The molecule has 1 aromatic carbocycles. The van der Waals surface area contributed by atoms with Crippen LogP contribution >= 0.6 is 0 Å². The summed E-state index contributed by atoms with van der Waals surface area (Å²) in [5, 5.41) is 4.23. The molecule has 1 atom stereocenters. The third kappa shape index (κ3) is 3.77. The van der Waals surface area contributed by atoms with Crippen molar-refractivity contribution in [3.63, 3.8) is 0 Å². The Morgan fingerprint density at radius 1 is 1.21 bits per heavy atom. The van der Waals surface area contributed by atoms with Crippen molar-refractivity contribution in [2.45, 2.75) is 25.9 Å². The van der Waals surface area contributed by atoms with Crippen molar-refractivity contribution in [2.75, 3.05) is 25.4 Å². The fraction of sp³-hybridized carbons (Fsp3) is 0.280. The quantitative estimate of drug-likeness (QED) is 0.720. The van der Waals surface area contributed by atoms with Crippen LogP contribution in [0.4, 0.5) is 5.82 Å². The number of hydrogen-bond acceptors (Lipinski definition) is 5. The number of likely N-dealkylation sites (tertiary alicyclic amines) is 1. The van der Waals surface area contributed by atoms with Crippen LogP contribution in [0.1, 0.15) is 35.8 Å². The summed E-state index contributed by atoms with van der Waals surface area (Å²) >= 11 is 0. The highest BCUT2D eigenvalue weighted by molar-refractivity contribution is 6.09. The molecule has 1 unspecified atom stereocenters. The highest BCUT2D eigenvalue weighted by Crippen LogP contribution is 2.36. The molecule has 33 heavy (non-hydrogen) atoms. The molecule has 2 aromatic rings. The van der Waals surface area contributed by atoms with Crippen molar-refractivity contribution < 1.29 is 9.59 Å². The Kier molecular flexibility index (Phi) is 5.20. The topological polar surface area (TPSA) is 96.8 Å². The van der Waals surface area contributed by atoms with Crippen LogP contribution < -0.4 is 5.73 Å². The fourth-order valence-electron chi connectivity index (χ4n) is 4.40. The number of aliphatic imine (C=N–C) groups is 1. The maximum absolute atomic E-state index is 12.9. The van der Waals surface area contributed by atoms with Gasteiger partial charge in [0.1, 0.15) is 5.82 Å². The zero-order valence-corrected chi connectivity index (χ0v) is 18.7. The van der Waals surface area contributed by atoms with Crippen LogP contribution in [0.3, 0.4) is 0 Å². The average molecular weight is 443 g/mol. The summed E-state index contributed by atoms with van der Waals surface area (Å²) in [6, 6.07) is 9.01. The van der Waals surface area contributed by atoms with Crippen molar-refractivity contribution >= 4 is 28.9 Å². The zero-order chi connectivity index (χ0) is 23.1. The number of nitrogens with zero attached hydrogens (tertiary/aromatic N) is 5. The zero-order valence-electron chi connectivity index (χ0n) is 18.7. The van der Waals surface area contributed by atoms with Gasteiger partial charge in [-0.05, 0) is 49.3 Å². The Hall–Kier alpha value is -3.94. The number of amides is 2. The van der Waals surface area contributed by atoms with Crippen molar-refractivity contribution in [2.24, 2.45) is 4.99 Å². The summed E-state index contributed by atoms with van der Waals surface area (Å²) in [5.41, 5.74) is 10.0. The summed E-state index contributed by atoms with van der Waals surface area (Å²) < 4.78 is 1.81. The highest BCUT2D eigenvalue weighted by atomic mass is 16.2. The van der Waals surface area contributed by atoms with Gasteiger partial charge in [0.15, 0.2) is 6.04 Å². The van der Waals surface area contributed by atoms with E-state index in [-0.39, 0.29) is 17.9 Å². The van der Waals surface area contributed by atoms with Gasteiger partial charge in [0.25, 0.3) is 11.8 Å². The second kappa shape index (κ2) is 8.20. The van der Waals surface area contributed by atoms with Crippen LogP contribution in [0, 0.1) is 0 Å². The third-order valence-corrected chi connectivity index (χ3v) is 6.24. The third-order valence-electron chi connectivity index (χ3n) is 6.24. The molecule has 5 rings (SSSR count). The first-order valence-electron chi connectivity index (χ1n) is 11.0. The molecule has 1 saturated heterocycles. The van der Waals surface area contributed by atoms with Gasteiger partial charge in [-0.3, -0.25) is 19.3 Å². The summed E-state index contributed by atoms with van der Waals surface area (Å²) in [7, 11) is 0. The highest BCUT2D eigenvalue weighted by Gasteiger charge is 2.36. The van der Waals surface area contributed by atoms with Gasteiger partial charge in [-0.2, -0.15) is 5.10 Å². The van der Waals surface area contributed by atoms with Gasteiger partial charge < -0.3 is 15.5 Å². The van der Waals surface area contributed by atoms with Crippen molar-refractivity contribution in [1.82, 2.24) is 19.6 Å². The first-order chi connectivity index (χ1) is 15.9. The van der Waals surface area contributed by atoms with Crippen molar-refractivity contribution in [3.05, 3.63) is 77.7 Å². The van der Waals surface area contributed by atoms with Crippen LogP contribution in [0.25, 0.3) is 5.57 Å². The SMILES string of the molecule is C/C=C/CN1C=C(c2ccc(C(=O)N3CC(n4ccc(N)n4)C3)cc2)C2=CC(C)=NC2C1=O. The monoisotopic (exact) mass is 442 g/mol. The number of aromatic nitrogens is 2.